The lowest BCUT2D eigenvalue weighted by molar-refractivity contribution is -0.143. The number of unbranched alkanes of at least 4 members (excludes halogenated alkanes) is 1. The van der Waals surface area contributed by atoms with Crippen molar-refractivity contribution < 1.29 is 96.8 Å². The van der Waals surface area contributed by atoms with E-state index in [1.807, 2.05) is 0 Å². The van der Waals surface area contributed by atoms with Crippen LogP contribution in [0.5, 0.6) is 0 Å². The van der Waals surface area contributed by atoms with E-state index in [4.69, 9.17) is 28.0 Å². The summed E-state index contributed by atoms with van der Waals surface area (Å²) in [5, 5.41) is 81.0. The molecule has 1 fully saturated rings. The van der Waals surface area contributed by atoms with Gasteiger partial charge >= 0.3 is 17.9 Å². The number of amides is 14. The number of thioether (sulfide) groups is 3. The van der Waals surface area contributed by atoms with Crippen molar-refractivity contribution in [1.29, 1.82) is 10.8 Å². The first-order valence-corrected chi connectivity index (χ1v) is 40.6. The molecule has 0 saturated carbocycles. The van der Waals surface area contributed by atoms with Crippen LogP contribution in [0.4, 0.5) is 0 Å². The topological polar surface area (TPSA) is 648 Å². The summed E-state index contributed by atoms with van der Waals surface area (Å²) >= 11 is 3.17. The Morgan fingerprint density at radius 2 is 1.00 bits per heavy atom. The van der Waals surface area contributed by atoms with Crippen molar-refractivity contribution in [2.24, 2.45) is 35.0 Å². The number of carboxylic acid groups (broad SMARTS) is 3. The Labute approximate surface area is 666 Å². The van der Waals surface area contributed by atoms with Crippen LogP contribution in [0.2, 0.25) is 0 Å². The Bertz CT molecular complexity index is 3610. The third-order valence-corrected chi connectivity index (χ3v) is 21.3. The molecule has 14 amide bonds. The van der Waals surface area contributed by atoms with Gasteiger partial charge in [0.15, 0.2) is 11.9 Å². The molecule has 1 saturated heterocycles. The minimum absolute atomic E-state index is 0.00735. The van der Waals surface area contributed by atoms with E-state index in [0.717, 1.165) is 23.5 Å². The van der Waals surface area contributed by atoms with E-state index in [2.05, 4.69) is 74.4 Å². The number of carbonyl (C=O) groups excluding carboxylic acids is 14. The number of rotatable bonds is 23. The van der Waals surface area contributed by atoms with E-state index in [1.54, 1.807) is 59.7 Å². The fourth-order valence-electron chi connectivity index (χ4n) is 12.3. The molecule has 4 bridgehead atoms. The molecule has 628 valence electrons. The van der Waals surface area contributed by atoms with Crippen LogP contribution in [-0.4, -0.2) is 249 Å². The first-order valence-electron chi connectivity index (χ1n) is 37.1. The number of nitrogens with two attached hydrogens (primary N) is 3. The molecule has 3 aliphatic rings. The summed E-state index contributed by atoms with van der Waals surface area (Å²) < 4.78 is 0. The highest BCUT2D eigenvalue weighted by Crippen LogP contribution is 2.26. The van der Waals surface area contributed by atoms with Gasteiger partial charge in [0.2, 0.25) is 82.7 Å². The van der Waals surface area contributed by atoms with Crippen molar-refractivity contribution in [2.75, 3.05) is 43.4 Å². The molecule has 0 unspecified atom stereocenters. The molecule has 0 spiro atoms. The summed E-state index contributed by atoms with van der Waals surface area (Å²) in [6, 6.07) is -14.2. The van der Waals surface area contributed by atoms with E-state index in [9.17, 15) is 92.0 Å². The molecular weight excluding hydrogens is 1540 g/mol. The van der Waals surface area contributed by atoms with Crippen molar-refractivity contribution in [3.05, 3.63) is 34.9 Å². The first-order chi connectivity index (χ1) is 53.2. The summed E-state index contributed by atoms with van der Waals surface area (Å²) in [4.78, 5) is 238. The highest BCUT2D eigenvalue weighted by Gasteiger charge is 2.42. The van der Waals surface area contributed by atoms with Gasteiger partial charge in [0.25, 0.3) is 0 Å². The molecule has 40 nitrogen and oxygen atoms in total. The molecular formula is C70H110N20O20S3. The Hall–Kier alpha value is -10.2. The SMILES string of the molecule is CC[C@@H](C)[C@H]1NC(=O)[C@@H](NC(C)=O)CSCc2cc3cc(c2)CSC[C@H](NC(=O)[C@@H](CC(N)=O)NC(=O)[C@H]2CCCN2C(=O)[C@H](CCCCNC(=N)N)NC(=O)[C@@H](CC(C)C)NC1=O)C(=O)N[C@@H](CC(=O)O)C(=O)N[C@H](CC(C)C)C(=O)N[C@@H](CC(=O)O)C(=O)NCC(=O)N[C@H](CCCNC(=N)N)C(=O)N[C@H](C(=O)O)CSC3. The second kappa shape index (κ2) is 48.0. The van der Waals surface area contributed by atoms with Crippen LogP contribution in [0.15, 0.2) is 18.2 Å². The number of nitrogens with zero attached hydrogens (tertiary/aromatic N) is 1. The number of benzene rings is 1. The van der Waals surface area contributed by atoms with Gasteiger partial charge < -0.3 is 112 Å². The molecule has 3 aliphatic heterocycles. The average Bonchev–Trinajstić information content (AvgIpc) is 1.73. The summed E-state index contributed by atoms with van der Waals surface area (Å²) in [6.45, 7) is 10.6. The molecule has 0 aromatic heterocycles. The van der Waals surface area contributed by atoms with Gasteiger partial charge in [-0.1, -0.05) is 66.2 Å². The Morgan fingerprint density at radius 1 is 0.531 bits per heavy atom. The fraction of sp³-hybridized carbons (Fsp3) is 0.643. The number of hydrogen-bond acceptors (Lipinski definition) is 22. The number of carbonyl (C=O) groups is 17. The maximum absolute atomic E-state index is 15.0. The zero-order valence-electron chi connectivity index (χ0n) is 64.3. The van der Waals surface area contributed by atoms with E-state index < -0.39 is 222 Å². The lowest BCUT2D eigenvalue weighted by atomic mass is 9.96. The van der Waals surface area contributed by atoms with Gasteiger partial charge in [-0.05, 0) is 92.2 Å². The number of guanidine groups is 2. The average molecular weight is 1650 g/mol. The van der Waals surface area contributed by atoms with Crippen molar-refractivity contribution in [1.82, 2.24) is 79.3 Å². The predicted molar refractivity (Wildman–Crippen MR) is 417 cm³/mol. The highest BCUT2D eigenvalue weighted by atomic mass is 32.2. The summed E-state index contributed by atoms with van der Waals surface area (Å²) in [5.41, 5.74) is 18.3. The predicted octanol–water partition coefficient (Wildman–Crippen LogP) is -4.16. The number of fused-ring (bicyclic) bond motifs is 6. The lowest BCUT2D eigenvalue weighted by Gasteiger charge is -2.32. The minimum atomic E-state index is -2.10. The molecule has 3 heterocycles. The van der Waals surface area contributed by atoms with Gasteiger partial charge in [0.1, 0.15) is 72.5 Å². The van der Waals surface area contributed by atoms with Gasteiger partial charge in [-0.25, -0.2) is 4.79 Å². The minimum Gasteiger partial charge on any atom is -0.481 e. The molecule has 0 aliphatic carbocycles. The number of aliphatic carboxylic acids is 3. The molecule has 43 heteroatoms. The first kappa shape index (κ1) is 95.2. The van der Waals surface area contributed by atoms with Gasteiger partial charge in [-0.2, -0.15) is 35.3 Å². The zero-order valence-corrected chi connectivity index (χ0v) is 66.8. The molecule has 1 aromatic rings. The van der Waals surface area contributed by atoms with Crippen molar-refractivity contribution in [3.63, 3.8) is 0 Å². The maximum atomic E-state index is 15.0. The summed E-state index contributed by atoms with van der Waals surface area (Å²) in [5.74, 6) is -21.9. The van der Waals surface area contributed by atoms with Crippen molar-refractivity contribution in [2.45, 2.75) is 222 Å². The van der Waals surface area contributed by atoms with Crippen LogP contribution >= 0.6 is 35.3 Å². The van der Waals surface area contributed by atoms with Crippen LogP contribution < -0.4 is 91.6 Å². The Kier molecular flexibility index (Phi) is 40.4. The standard InChI is InChI=1S/C70H110N20O20S3/c1-8-36(6)56-66(107)86-44(20-35(4)5)59(100)81-42(13-9-10-16-76-69(72)73)67(108)90-18-12-15-51(90)65(106)85-45(24-52(71)92)61(102)87-49-32-112-29-39-21-38(28-111-31-48(64(105)89-56)79-37(7)91)22-40(23-39)30-113-33-50(68(109)110)88-58(99)41(14-11-17-77-70(74)75)80-53(93)27-78-57(98)46(25-54(94)95)83-60(101)43(19-34(2)3)82-62(103)47(26-55(96)97)84-63(49)104/h21-23,34-36,41-51,56H,8-20,24-33H2,1-7H3,(H2,71,92)(H,78,98)(H,79,91)(H,80,93)(H,81,100)(H,82,103)(H,83,101)(H,84,104)(H,85,106)(H,86,107)(H,87,102)(H,88,99)(H,89,105)(H,94,95)(H,96,97)(H,109,110)(H4,72,73,76)(H4,74,75,77)/t36-,41-,42+,43-,44-,45-,46+,47+,48+,49+,50+,51-,56-/m1/s1. The van der Waals surface area contributed by atoms with E-state index in [1.165, 1.54) is 23.6 Å². The van der Waals surface area contributed by atoms with E-state index >= 15 is 4.79 Å². The van der Waals surface area contributed by atoms with Crippen molar-refractivity contribution >= 4 is 148 Å². The fourth-order valence-corrected chi connectivity index (χ4v) is 15.2. The van der Waals surface area contributed by atoms with E-state index in [-0.39, 0.29) is 112 Å². The number of carboxylic acids is 3. The largest absolute Gasteiger partial charge is 0.481 e. The van der Waals surface area contributed by atoms with E-state index in [0.29, 0.717) is 29.5 Å². The van der Waals surface area contributed by atoms with Crippen LogP contribution in [0.25, 0.3) is 0 Å². The maximum Gasteiger partial charge on any atom is 0.327 e. The quantitative estimate of drug-likeness (QED) is 0.0281. The van der Waals surface area contributed by atoms with Crippen LogP contribution in [0.3, 0.4) is 0 Å². The smallest absolute Gasteiger partial charge is 0.327 e. The van der Waals surface area contributed by atoms with Gasteiger partial charge in [0, 0.05) is 61.1 Å². The number of hydrogen-bond donors (Lipinski definition) is 22. The molecule has 25 N–H and O–H groups in total. The molecule has 0 radical (unpaired) electrons. The number of primary amides is 1. The summed E-state index contributed by atoms with van der Waals surface area (Å²) in [6.07, 6.45) is -2.63. The van der Waals surface area contributed by atoms with Crippen LogP contribution in [0, 0.1) is 28.6 Å². The molecule has 13 atom stereocenters. The summed E-state index contributed by atoms with van der Waals surface area (Å²) in [7, 11) is 0. The third-order valence-electron chi connectivity index (χ3n) is 18.0. The normalized spacial score (nSPS) is 24.9. The molecule has 113 heavy (non-hydrogen) atoms. The van der Waals surface area contributed by atoms with Gasteiger partial charge in [-0.15, -0.1) is 0 Å². The van der Waals surface area contributed by atoms with Gasteiger partial charge in [0.05, 0.1) is 25.8 Å². The monoisotopic (exact) mass is 1650 g/mol. The second-order valence-electron chi connectivity index (χ2n) is 28.6. The highest BCUT2D eigenvalue weighted by molar-refractivity contribution is 7.99. The number of nitrogens with one attached hydrogen (secondary N) is 16. The Morgan fingerprint density at radius 3 is 1.53 bits per heavy atom. The zero-order chi connectivity index (χ0) is 84.3. The van der Waals surface area contributed by atoms with Crippen LogP contribution in [-0.2, 0) is 98.8 Å². The molecule has 1 aromatic carbocycles. The second-order valence-corrected chi connectivity index (χ2v) is 31.7. The molecule has 4 rings (SSSR count). The Balaban J connectivity index is 2.00. The van der Waals surface area contributed by atoms with Crippen molar-refractivity contribution in [3.8, 4) is 0 Å². The lowest BCUT2D eigenvalue weighted by Crippen LogP contribution is -2.61. The van der Waals surface area contributed by atoms with Crippen LogP contribution in [0.1, 0.15) is 149 Å². The third kappa shape index (κ3) is 34.4. The van der Waals surface area contributed by atoms with Gasteiger partial charge in [-0.3, -0.25) is 87.5 Å².